The molecule has 0 aliphatic carbocycles. The third kappa shape index (κ3) is 5.79. The number of aliphatic carboxylic acids is 1. The fourth-order valence-corrected chi connectivity index (χ4v) is 4.53. The molecule has 0 unspecified atom stereocenters. The Morgan fingerprint density at radius 2 is 1.79 bits per heavy atom. The smallest absolute Gasteiger partial charge is 0.305 e. The topological polar surface area (TPSA) is 106 Å². The Bertz CT molecular complexity index is 1590. The number of amides is 1. The predicted octanol–water partition coefficient (Wildman–Crippen LogP) is 5.53. The largest absolute Gasteiger partial charge is 0.481 e. The maximum Gasteiger partial charge on any atom is 0.305 e. The summed E-state index contributed by atoms with van der Waals surface area (Å²) in [6.45, 7) is 11.4. The van der Waals surface area contributed by atoms with Crippen molar-refractivity contribution in [1.82, 2.24) is 14.9 Å². The fourth-order valence-electron chi connectivity index (χ4n) is 4.53. The number of hydrogen-bond donors (Lipinski definition) is 2. The van der Waals surface area contributed by atoms with E-state index >= 15 is 0 Å². The average molecular weight is 509 g/mol. The highest BCUT2D eigenvalue weighted by Crippen LogP contribution is 2.32. The number of carbonyl (C=O) groups excluding carboxylic acids is 1. The van der Waals surface area contributed by atoms with Gasteiger partial charge in [0.05, 0.1) is 36.3 Å². The Morgan fingerprint density at radius 1 is 1.05 bits per heavy atom. The summed E-state index contributed by atoms with van der Waals surface area (Å²) in [6, 6.07) is 19.5. The number of rotatable bonds is 9. The van der Waals surface area contributed by atoms with Crippen LogP contribution in [0.25, 0.3) is 26.9 Å². The Hall–Kier alpha value is -4.77. The molecule has 2 atom stereocenters. The Morgan fingerprint density at radius 3 is 2.53 bits per heavy atom. The van der Waals surface area contributed by atoms with Crippen molar-refractivity contribution in [2.24, 2.45) is 5.92 Å². The van der Waals surface area contributed by atoms with Crippen molar-refractivity contribution in [3.8, 4) is 11.1 Å². The van der Waals surface area contributed by atoms with Crippen molar-refractivity contribution in [2.45, 2.75) is 38.8 Å². The van der Waals surface area contributed by atoms with Gasteiger partial charge in [0.15, 0.2) is 5.69 Å². The Balaban J connectivity index is 1.71. The first kappa shape index (κ1) is 26.3. The first-order valence-electron chi connectivity index (χ1n) is 12.3. The second-order valence-corrected chi connectivity index (χ2v) is 9.53. The zero-order valence-electron chi connectivity index (χ0n) is 21.2. The number of para-hydroxylation sites is 2. The van der Waals surface area contributed by atoms with Crippen LogP contribution in [0.2, 0.25) is 0 Å². The molecule has 38 heavy (non-hydrogen) atoms. The maximum absolute atomic E-state index is 13.7. The number of nitrogens with one attached hydrogen (secondary N) is 1. The van der Waals surface area contributed by atoms with Gasteiger partial charge in [0.1, 0.15) is 6.04 Å². The standard InChI is InChI=1S/C30H28N4O4/c1-19(2)15-27(34-18-32-25-14-7-5-12-23(25)30(34)38)29(37)33-26(17-28(35)36)21-10-8-9-20(16-21)22-11-4-6-13-24(22)31-3/h4-14,16,18-19,26-27H,15,17H2,1-2H3,(H,33,37)(H,35,36)/t26-,27-/m0/s1. The molecule has 1 amide bonds. The second-order valence-electron chi connectivity index (χ2n) is 9.53. The van der Waals surface area contributed by atoms with Crippen molar-refractivity contribution < 1.29 is 14.7 Å². The van der Waals surface area contributed by atoms with E-state index in [0.29, 0.717) is 28.6 Å². The van der Waals surface area contributed by atoms with Gasteiger partial charge in [-0.2, -0.15) is 0 Å². The van der Waals surface area contributed by atoms with Gasteiger partial charge in [-0.1, -0.05) is 74.5 Å². The van der Waals surface area contributed by atoms with Crippen molar-refractivity contribution in [3.63, 3.8) is 0 Å². The van der Waals surface area contributed by atoms with E-state index < -0.39 is 24.0 Å². The van der Waals surface area contributed by atoms with Crippen molar-refractivity contribution >= 4 is 28.5 Å². The van der Waals surface area contributed by atoms with E-state index in [1.165, 1.54) is 10.9 Å². The van der Waals surface area contributed by atoms with Gasteiger partial charge in [-0.25, -0.2) is 9.83 Å². The summed E-state index contributed by atoms with van der Waals surface area (Å²) in [6.07, 6.45) is 1.40. The molecule has 1 heterocycles. The normalized spacial score (nSPS) is 12.6. The molecule has 0 saturated heterocycles. The molecule has 4 rings (SSSR count). The molecule has 0 saturated carbocycles. The van der Waals surface area contributed by atoms with Crippen LogP contribution in [0.15, 0.2) is 83.9 Å². The van der Waals surface area contributed by atoms with Gasteiger partial charge in [0.25, 0.3) is 5.56 Å². The zero-order valence-corrected chi connectivity index (χ0v) is 21.2. The number of aromatic nitrogens is 2. The lowest BCUT2D eigenvalue weighted by Crippen LogP contribution is -2.40. The van der Waals surface area contributed by atoms with Crippen LogP contribution in [-0.4, -0.2) is 26.5 Å². The minimum absolute atomic E-state index is 0.0792. The first-order valence-corrected chi connectivity index (χ1v) is 12.3. The summed E-state index contributed by atoms with van der Waals surface area (Å²) in [7, 11) is 0. The highest BCUT2D eigenvalue weighted by molar-refractivity contribution is 5.83. The summed E-state index contributed by atoms with van der Waals surface area (Å²) in [5.74, 6) is -1.46. The highest BCUT2D eigenvalue weighted by atomic mass is 16.4. The minimum atomic E-state index is -1.08. The molecule has 8 heteroatoms. The average Bonchev–Trinajstić information content (AvgIpc) is 2.91. The summed E-state index contributed by atoms with van der Waals surface area (Å²) in [5.41, 5.74) is 2.74. The molecule has 0 fully saturated rings. The van der Waals surface area contributed by atoms with E-state index in [4.69, 9.17) is 6.57 Å². The molecular formula is C30H28N4O4. The van der Waals surface area contributed by atoms with Crippen LogP contribution in [-0.2, 0) is 9.59 Å². The van der Waals surface area contributed by atoms with Crippen LogP contribution in [0.1, 0.15) is 44.3 Å². The van der Waals surface area contributed by atoms with Crippen molar-refractivity contribution in [3.05, 3.63) is 106 Å². The number of carboxylic acids is 1. The van der Waals surface area contributed by atoms with Crippen LogP contribution in [0.4, 0.5) is 5.69 Å². The highest BCUT2D eigenvalue weighted by Gasteiger charge is 2.27. The lowest BCUT2D eigenvalue weighted by Gasteiger charge is -2.25. The third-order valence-electron chi connectivity index (χ3n) is 6.34. The maximum atomic E-state index is 13.7. The number of hydrogen-bond acceptors (Lipinski definition) is 4. The Labute approximate surface area is 220 Å². The number of nitrogens with zero attached hydrogens (tertiary/aromatic N) is 3. The molecule has 4 aromatic rings. The van der Waals surface area contributed by atoms with Gasteiger partial charge < -0.3 is 10.4 Å². The number of benzene rings is 3. The monoisotopic (exact) mass is 508 g/mol. The molecule has 192 valence electrons. The number of carbonyl (C=O) groups is 2. The molecule has 1 aromatic heterocycles. The van der Waals surface area contributed by atoms with E-state index in [9.17, 15) is 19.5 Å². The molecule has 8 nitrogen and oxygen atoms in total. The molecule has 0 aliphatic heterocycles. The van der Waals surface area contributed by atoms with Gasteiger partial charge in [0, 0.05) is 0 Å². The zero-order chi connectivity index (χ0) is 27.2. The Kier molecular flexibility index (Phi) is 7.97. The number of carboxylic acid groups (broad SMARTS) is 1. The van der Waals surface area contributed by atoms with E-state index in [2.05, 4.69) is 15.1 Å². The fraction of sp³-hybridized carbons (Fsp3) is 0.233. The molecule has 2 N–H and O–H groups in total. The van der Waals surface area contributed by atoms with Gasteiger partial charge in [0.2, 0.25) is 5.91 Å². The predicted molar refractivity (Wildman–Crippen MR) is 146 cm³/mol. The van der Waals surface area contributed by atoms with Gasteiger partial charge >= 0.3 is 5.97 Å². The van der Waals surface area contributed by atoms with Crippen LogP contribution >= 0.6 is 0 Å². The molecule has 0 radical (unpaired) electrons. The van der Waals surface area contributed by atoms with E-state index in [0.717, 1.165) is 11.1 Å². The number of fused-ring (bicyclic) bond motifs is 1. The summed E-state index contributed by atoms with van der Waals surface area (Å²) < 4.78 is 1.33. The summed E-state index contributed by atoms with van der Waals surface area (Å²) in [5, 5.41) is 12.9. The van der Waals surface area contributed by atoms with Gasteiger partial charge in [-0.15, -0.1) is 0 Å². The quantitative estimate of drug-likeness (QED) is 0.289. The van der Waals surface area contributed by atoms with Crippen LogP contribution < -0.4 is 10.9 Å². The molecule has 0 aliphatic rings. The van der Waals surface area contributed by atoms with Gasteiger partial charge in [-0.3, -0.25) is 19.0 Å². The molecular weight excluding hydrogens is 480 g/mol. The van der Waals surface area contributed by atoms with Gasteiger partial charge in [-0.05, 0) is 41.2 Å². The van der Waals surface area contributed by atoms with Crippen LogP contribution in [0.5, 0.6) is 0 Å². The van der Waals surface area contributed by atoms with Crippen molar-refractivity contribution in [2.75, 3.05) is 0 Å². The molecule has 0 bridgehead atoms. The summed E-state index contributed by atoms with van der Waals surface area (Å²) in [4.78, 5) is 46.7. The van der Waals surface area contributed by atoms with Crippen LogP contribution in [0.3, 0.4) is 0 Å². The molecule has 0 spiro atoms. The molecule has 3 aromatic carbocycles. The second kappa shape index (κ2) is 11.5. The van der Waals surface area contributed by atoms with E-state index in [1.54, 1.807) is 54.6 Å². The lowest BCUT2D eigenvalue weighted by molar-refractivity contribution is -0.138. The first-order chi connectivity index (χ1) is 18.3. The van der Waals surface area contributed by atoms with E-state index in [1.807, 2.05) is 32.0 Å². The third-order valence-corrected chi connectivity index (χ3v) is 6.34. The SMILES string of the molecule is [C-]#[N+]c1ccccc1-c1cccc([C@H](CC(=O)O)NC(=O)[C@H](CC(C)C)n2cnc3ccccc3c2=O)c1. The van der Waals surface area contributed by atoms with Crippen molar-refractivity contribution in [1.29, 1.82) is 0 Å². The van der Waals surface area contributed by atoms with Crippen LogP contribution in [0, 0.1) is 12.5 Å². The summed E-state index contributed by atoms with van der Waals surface area (Å²) >= 11 is 0. The van der Waals surface area contributed by atoms with E-state index in [-0.39, 0.29) is 17.9 Å². The lowest BCUT2D eigenvalue weighted by atomic mass is 9.96. The minimum Gasteiger partial charge on any atom is -0.481 e.